The first-order chi connectivity index (χ1) is 10.00. The summed E-state index contributed by atoms with van der Waals surface area (Å²) in [5.41, 5.74) is 6.48. The molecule has 0 heterocycles. The Morgan fingerprint density at radius 1 is 1.05 bits per heavy atom. The first-order valence-corrected chi connectivity index (χ1v) is 7.96. The van der Waals surface area contributed by atoms with E-state index in [1.54, 1.807) is 0 Å². The largest absolute Gasteiger partial charge is 0.289 e. The number of ketones is 1. The molecule has 0 amide bonds. The minimum absolute atomic E-state index is 0.0919. The molecule has 0 fully saturated rings. The molecular weight excluding hydrogens is 324 g/mol. The lowest BCUT2D eigenvalue weighted by Crippen LogP contribution is -2.29. The zero-order chi connectivity index (χ0) is 14.8. The Kier molecular flexibility index (Phi) is 2.59. The number of allylic oxidation sites excluding steroid dienone is 2. The second-order valence-corrected chi connectivity index (χ2v) is 7.25. The van der Waals surface area contributed by atoms with Gasteiger partial charge in [-0.3, -0.25) is 4.79 Å². The monoisotopic (exact) mass is 338 g/mol. The van der Waals surface area contributed by atoms with Crippen LogP contribution >= 0.6 is 15.9 Å². The van der Waals surface area contributed by atoms with Crippen LogP contribution in [0.15, 0.2) is 52.5 Å². The van der Waals surface area contributed by atoms with E-state index in [1.165, 1.54) is 11.1 Å². The van der Waals surface area contributed by atoms with Crippen LogP contribution in [0.2, 0.25) is 0 Å². The van der Waals surface area contributed by atoms with Gasteiger partial charge in [-0.2, -0.15) is 0 Å². The minimum atomic E-state index is -0.0919. The van der Waals surface area contributed by atoms with E-state index in [-0.39, 0.29) is 11.2 Å². The molecule has 2 aromatic rings. The molecule has 2 aliphatic carbocycles. The summed E-state index contributed by atoms with van der Waals surface area (Å²) in [5, 5.41) is 0. The minimum Gasteiger partial charge on any atom is -0.289 e. The van der Waals surface area contributed by atoms with Crippen molar-refractivity contribution in [2.45, 2.75) is 25.7 Å². The van der Waals surface area contributed by atoms with Gasteiger partial charge < -0.3 is 0 Å². The smallest absolute Gasteiger partial charge is 0.193 e. The van der Waals surface area contributed by atoms with Gasteiger partial charge in [-0.05, 0) is 40.8 Å². The van der Waals surface area contributed by atoms with Crippen LogP contribution in [-0.2, 0) is 11.8 Å². The number of hydrogen-bond acceptors (Lipinski definition) is 1. The van der Waals surface area contributed by atoms with Crippen molar-refractivity contribution in [1.29, 1.82) is 0 Å². The van der Waals surface area contributed by atoms with Crippen molar-refractivity contribution in [1.82, 2.24) is 0 Å². The highest BCUT2D eigenvalue weighted by Crippen LogP contribution is 2.49. The molecule has 0 unspecified atom stereocenters. The maximum absolute atomic E-state index is 13.0. The lowest BCUT2D eigenvalue weighted by molar-refractivity contribution is 0.105. The van der Waals surface area contributed by atoms with Crippen molar-refractivity contribution in [3.05, 3.63) is 74.8 Å². The average Bonchev–Trinajstić information content (AvgIpc) is 2.85. The predicted molar refractivity (Wildman–Crippen MR) is 88.6 cm³/mol. The highest BCUT2D eigenvalue weighted by Gasteiger charge is 2.42. The second-order valence-electron chi connectivity index (χ2n) is 6.33. The normalized spacial score (nSPS) is 18.3. The van der Waals surface area contributed by atoms with Crippen LogP contribution in [0.4, 0.5) is 0 Å². The van der Waals surface area contributed by atoms with E-state index in [2.05, 4.69) is 48.0 Å². The van der Waals surface area contributed by atoms with Gasteiger partial charge in [-0.1, -0.05) is 60.1 Å². The summed E-state index contributed by atoms with van der Waals surface area (Å²) in [7, 11) is 0. The SMILES string of the molecule is CC1(C)C2=C(C(=O)c3ccccc31)c1ccc(Br)cc1C2. The topological polar surface area (TPSA) is 17.1 Å². The second kappa shape index (κ2) is 4.17. The molecular formula is C19H15BrO. The molecule has 4 rings (SSSR count). The van der Waals surface area contributed by atoms with Crippen LogP contribution in [0.1, 0.15) is 40.9 Å². The Hall–Kier alpha value is -1.67. The fourth-order valence-corrected chi connectivity index (χ4v) is 4.12. The van der Waals surface area contributed by atoms with Crippen molar-refractivity contribution < 1.29 is 4.79 Å². The van der Waals surface area contributed by atoms with Crippen molar-refractivity contribution in [3.8, 4) is 0 Å². The summed E-state index contributed by atoms with van der Waals surface area (Å²) in [6.45, 7) is 4.46. The van der Waals surface area contributed by atoms with Gasteiger partial charge in [0.15, 0.2) is 5.78 Å². The first-order valence-electron chi connectivity index (χ1n) is 7.17. The number of carbonyl (C=O) groups is 1. The summed E-state index contributed by atoms with van der Waals surface area (Å²) in [6.07, 6.45) is 0.872. The molecule has 0 saturated carbocycles. The first kappa shape index (κ1) is 13.0. The Labute approximate surface area is 132 Å². The molecule has 21 heavy (non-hydrogen) atoms. The van der Waals surface area contributed by atoms with Gasteiger partial charge in [0.05, 0.1) is 0 Å². The van der Waals surface area contributed by atoms with Crippen molar-refractivity contribution in [2.75, 3.05) is 0 Å². The molecule has 0 aliphatic heterocycles. The Balaban J connectivity index is 2.01. The third-order valence-electron chi connectivity index (χ3n) is 4.83. The van der Waals surface area contributed by atoms with Crippen LogP contribution in [0, 0.1) is 0 Å². The lowest BCUT2D eigenvalue weighted by Gasteiger charge is -2.34. The molecule has 0 atom stereocenters. The predicted octanol–water partition coefficient (Wildman–Crippen LogP) is 4.93. The highest BCUT2D eigenvalue weighted by molar-refractivity contribution is 9.10. The number of hydrogen-bond donors (Lipinski definition) is 0. The van der Waals surface area contributed by atoms with Gasteiger partial charge in [0.2, 0.25) is 0 Å². The van der Waals surface area contributed by atoms with E-state index in [0.29, 0.717) is 0 Å². The number of carbonyl (C=O) groups excluding carboxylic acids is 1. The van der Waals surface area contributed by atoms with Crippen LogP contribution in [0.25, 0.3) is 5.57 Å². The van der Waals surface area contributed by atoms with E-state index < -0.39 is 0 Å². The molecule has 0 aromatic heterocycles. The van der Waals surface area contributed by atoms with Gasteiger partial charge >= 0.3 is 0 Å². The van der Waals surface area contributed by atoms with Crippen LogP contribution < -0.4 is 0 Å². The van der Waals surface area contributed by atoms with Crippen molar-refractivity contribution in [3.63, 3.8) is 0 Å². The average molecular weight is 339 g/mol. The maximum atomic E-state index is 13.0. The van der Waals surface area contributed by atoms with Crippen LogP contribution in [0.5, 0.6) is 0 Å². The molecule has 0 bridgehead atoms. The fourth-order valence-electron chi connectivity index (χ4n) is 3.71. The number of fused-ring (bicyclic) bond motifs is 3. The zero-order valence-corrected chi connectivity index (χ0v) is 13.6. The molecule has 104 valence electrons. The van der Waals surface area contributed by atoms with E-state index in [4.69, 9.17) is 0 Å². The van der Waals surface area contributed by atoms with Crippen LogP contribution in [-0.4, -0.2) is 5.78 Å². The van der Waals surface area contributed by atoms with E-state index >= 15 is 0 Å². The number of Topliss-reactive ketones (excluding diaryl/α,β-unsaturated/α-hetero) is 1. The Bertz CT molecular complexity index is 827. The van der Waals surface area contributed by atoms with Crippen LogP contribution in [0.3, 0.4) is 0 Å². The molecule has 0 saturated heterocycles. The summed E-state index contributed by atoms with van der Waals surface area (Å²) >= 11 is 3.53. The highest BCUT2D eigenvalue weighted by atomic mass is 79.9. The molecule has 0 spiro atoms. The van der Waals surface area contributed by atoms with Gasteiger partial charge in [-0.25, -0.2) is 0 Å². The number of benzene rings is 2. The van der Waals surface area contributed by atoms with Gasteiger partial charge in [0.25, 0.3) is 0 Å². The van der Waals surface area contributed by atoms with E-state index in [0.717, 1.165) is 33.2 Å². The van der Waals surface area contributed by atoms with Crippen molar-refractivity contribution in [2.24, 2.45) is 0 Å². The zero-order valence-electron chi connectivity index (χ0n) is 12.0. The molecule has 2 aliphatic rings. The molecule has 0 radical (unpaired) electrons. The van der Waals surface area contributed by atoms with Gasteiger partial charge in [0.1, 0.15) is 0 Å². The molecule has 0 N–H and O–H groups in total. The third-order valence-corrected chi connectivity index (χ3v) is 5.33. The number of rotatable bonds is 0. The van der Waals surface area contributed by atoms with Crippen molar-refractivity contribution >= 4 is 27.3 Å². The summed E-state index contributed by atoms with van der Waals surface area (Å²) in [4.78, 5) is 13.0. The Morgan fingerprint density at radius 2 is 1.81 bits per heavy atom. The summed E-state index contributed by atoms with van der Waals surface area (Å²) in [5.74, 6) is 0.181. The molecule has 2 aromatic carbocycles. The lowest BCUT2D eigenvalue weighted by atomic mass is 9.68. The van der Waals surface area contributed by atoms with Gasteiger partial charge in [-0.15, -0.1) is 0 Å². The standard InChI is InChI=1S/C19H15BrO/c1-19(2)15-6-4-3-5-14(15)18(21)17-13-8-7-12(20)9-11(13)10-16(17)19/h3-9H,10H2,1-2H3. The Morgan fingerprint density at radius 3 is 2.62 bits per heavy atom. The van der Waals surface area contributed by atoms with E-state index in [9.17, 15) is 4.79 Å². The summed E-state index contributed by atoms with van der Waals surface area (Å²) < 4.78 is 1.07. The summed E-state index contributed by atoms with van der Waals surface area (Å²) in [6, 6.07) is 14.3. The quantitative estimate of drug-likeness (QED) is 0.665. The van der Waals surface area contributed by atoms with Gasteiger partial charge in [0, 0.05) is 21.0 Å². The van der Waals surface area contributed by atoms with E-state index in [1.807, 2.05) is 24.3 Å². The maximum Gasteiger partial charge on any atom is 0.193 e. The third kappa shape index (κ3) is 1.66. The number of halogens is 1. The molecule has 2 heteroatoms. The molecule has 1 nitrogen and oxygen atoms in total. The fraction of sp³-hybridized carbons (Fsp3) is 0.211.